The number of rotatable bonds is 7. The van der Waals surface area contributed by atoms with Gasteiger partial charge in [0.15, 0.2) is 12.1 Å². The van der Waals surface area contributed by atoms with Gasteiger partial charge >= 0.3 is 12.1 Å². The molecule has 0 saturated carbocycles. The van der Waals surface area contributed by atoms with E-state index in [1.54, 1.807) is 63.2 Å². The fourth-order valence-corrected chi connectivity index (χ4v) is 5.24. The minimum absolute atomic E-state index is 0.0190. The van der Waals surface area contributed by atoms with E-state index in [0.717, 1.165) is 25.9 Å². The smallest absolute Gasteiger partial charge is 0.408 e. The summed E-state index contributed by atoms with van der Waals surface area (Å²) >= 11 is 0. The molecule has 36 heavy (non-hydrogen) atoms. The Labute approximate surface area is 211 Å². The molecule has 3 saturated heterocycles. The van der Waals surface area contributed by atoms with Crippen molar-refractivity contribution in [3.8, 4) is 5.75 Å². The average molecular weight is 496 g/mol. The van der Waals surface area contributed by atoms with E-state index in [9.17, 15) is 19.5 Å². The van der Waals surface area contributed by atoms with Gasteiger partial charge < -0.3 is 24.4 Å². The van der Waals surface area contributed by atoms with E-state index >= 15 is 0 Å². The van der Waals surface area contributed by atoms with Crippen LogP contribution in [0.2, 0.25) is 0 Å². The second-order valence-corrected chi connectivity index (χ2v) is 10.9. The van der Waals surface area contributed by atoms with E-state index in [0.29, 0.717) is 22.2 Å². The molecule has 3 fully saturated rings. The largest absolute Gasteiger partial charge is 0.507 e. The summed E-state index contributed by atoms with van der Waals surface area (Å²) < 4.78 is 11.9. The number of aromatic hydroxyl groups is 1. The Bertz CT molecular complexity index is 1100. The van der Waals surface area contributed by atoms with E-state index in [1.165, 1.54) is 6.07 Å². The molecule has 2 N–H and O–H groups in total. The van der Waals surface area contributed by atoms with Crippen LogP contribution in [0.1, 0.15) is 55.6 Å². The van der Waals surface area contributed by atoms with Crippen LogP contribution in [0, 0.1) is 5.92 Å². The molecule has 0 aliphatic carbocycles. The summed E-state index contributed by atoms with van der Waals surface area (Å²) in [6, 6.07) is 14.5. The van der Waals surface area contributed by atoms with Gasteiger partial charge in [-0.15, -0.1) is 0 Å². The molecular formula is C28H35N2O6+. The molecule has 1 unspecified atom stereocenters. The number of Topliss-reactive ketones (excluding diaryl/α,β-unsaturated/α-hetero) is 1. The SMILES string of the molecule is CC(C)(C)OC(=O)NC(C(=O)O[C@H]1C[N+]2(CC(=O)c3ccccc3O)CCC1CC2)c1ccccc1. The maximum atomic E-state index is 13.4. The number of carbonyl (C=O) groups is 3. The molecule has 0 radical (unpaired) electrons. The van der Waals surface area contributed by atoms with Gasteiger partial charge in [-0.1, -0.05) is 42.5 Å². The molecule has 8 heteroatoms. The van der Waals surface area contributed by atoms with E-state index in [2.05, 4.69) is 5.32 Å². The lowest BCUT2D eigenvalue weighted by molar-refractivity contribution is -0.938. The quantitative estimate of drug-likeness (QED) is 0.342. The third-order valence-corrected chi connectivity index (χ3v) is 7.02. The summed E-state index contributed by atoms with van der Waals surface area (Å²) in [6.07, 6.45) is 0.644. The highest BCUT2D eigenvalue weighted by Gasteiger charge is 2.49. The van der Waals surface area contributed by atoms with Crippen molar-refractivity contribution in [2.24, 2.45) is 5.92 Å². The molecule has 2 aromatic carbocycles. The monoisotopic (exact) mass is 495 g/mol. The molecule has 192 valence electrons. The number of nitrogens with zero attached hydrogens (tertiary/aromatic N) is 1. The number of quaternary nitrogens is 1. The lowest BCUT2D eigenvalue weighted by Crippen LogP contribution is -2.66. The van der Waals surface area contributed by atoms with Gasteiger partial charge in [0.2, 0.25) is 5.78 Å². The Kier molecular flexibility index (Phi) is 7.36. The number of alkyl carbamates (subject to hydrolysis) is 1. The van der Waals surface area contributed by atoms with Crippen molar-refractivity contribution >= 4 is 17.8 Å². The average Bonchev–Trinajstić information content (AvgIpc) is 2.82. The maximum absolute atomic E-state index is 13.4. The van der Waals surface area contributed by atoms with Crippen LogP contribution in [-0.2, 0) is 14.3 Å². The van der Waals surface area contributed by atoms with Crippen molar-refractivity contribution in [3.05, 3.63) is 65.7 Å². The molecule has 8 nitrogen and oxygen atoms in total. The summed E-state index contributed by atoms with van der Waals surface area (Å²) in [5.41, 5.74) is 0.214. The van der Waals surface area contributed by atoms with Gasteiger partial charge in [-0.2, -0.15) is 0 Å². The Hall–Kier alpha value is -3.39. The van der Waals surface area contributed by atoms with Crippen molar-refractivity contribution in [2.75, 3.05) is 26.2 Å². The Morgan fingerprint density at radius 3 is 2.31 bits per heavy atom. The van der Waals surface area contributed by atoms with Gasteiger partial charge in [-0.05, 0) is 38.5 Å². The molecule has 2 aromatic rings. The van der Waals surface area contributed by atoms with E-state index < -0.39 is 23.7 Å². The molecule has 3 aliphatic rings. The van der Waals surface area contributed by atoms with Crippen LogP contribution in [0.3, 0.4) is 0 Å². The number of carbonyl (C=O) groups excluding carboxylic acids is 3. The molecule has 0 spiro atoms. The molecule has 0 aromatic heterocycles. The summed E-state index contributed by atoms with van der Waals surface area (Å²) in [5.74, 6) is -0.468. The van der Waals surface area contributed by atoms with Gasteiger partial charge in [-0.25, -0.2) is 9.59 Å². The molecule has 2 atom stereocenters. The standard InChI is InChI=1S/C28H34N2O6/c1-28(2,3)36-27(34)29-25(20-9-5-4-6-10-20)26(33)35-24-18-30(15-13-19(24)14-16-30)17-23(32)21-11-7-8-12-22(21)31/h4-12,19,24-25H,13-18H2,1-3H3,(H-,29,31,32,34)/p+1/t19?,24-,25?,30?/m0/s1. The van der Waals surface area contributed by atoms with Crippen molar-refractivity contribution in [2.45, 2.75) is 51.4 Å². The Balaban J connectivity index is 1.47. The lowest BCUT2D eigenvalue weighted by Gasteiger charge is -2.51. The number of para-hydroxylation sites is 1. The summed E-state index contributed by atoms with van der Waals surface area (Å²) in [5, 5.41) is 12.8. The zero-order valence-corrected chi connectivity index (χ0v) is 21.1. The second kappa shape index (κ2) is 10.3. The van der Waals surface area contributed by atoms with Crippen LogP contribution in [0.25, 0.3) is 0 Å². The van der Waals surface area contributed by atoms with Crippen LogP contribution in [-0.4, -0.2) is 65.3 Å². The fraction of sp³-hybridized carbons (Fsp3) is 0.464. The van der Waals surface area contributed by atoms with E-state index in [-0.39, 0.29) is 30.1 Å². The number of ketones is 1. The van der Waals surface area contributed by atoms with Gasteiger partial charge in [0.1, 0.15) is 24.4 Å². The normalized spacial score (nSPS) is 24.0. The Morgan fingerprint density at radius 1 is 1.03 bits per heavy atom. The van der Waals surface area contributed by atoms with E-state index in [1.807, 2.05) is 6.07 Å². The second-order valence-electron chi connectivity index (χ2n) is 10.9. The van der Waals surface area contributed by atoms with Crippen molar-refractivity contribution < 1.29 is 33.4 Å². The molecular weight excluding hydrogens is 460 g/mol. The van der Waals surface area contributed by atoms with Crippen LogP contribution >= 0.6 is 0 Å². The number of fused-ring (bicyclic) bond motifs is 3. The third-order valence-electron chi connectivity index (χ3n) is 7.02. The number of hydrogen-bond donors (Lipinski definition) is 2. The highest BCUT2D eigenvalue weighted by molar-refractivity contribution is 5.99. The number of nitrogens with one attached hydrogen (secondary N) is 1. The number of phenolic OH excluding ortho intramolecular Hbond substituents is 1. The first-order valence-corrected chi connectivity index (χ1v) is 12.5. The number of hydrogen-bond acceptors (Lipinski definition) is 6. The Morgan fingerprint density at radius 2 is 1.67 bits per heavy atom. The fourth-order valence-electron chi connectivity index (χ4n) is 5.24. The molecule has 1 amide bonds. The zero-order valence-electron chi connectivity index (χ0n) is 21.1. The highest BCUT2D eigenvalue weighted by Crippen LogP contribution is 2.37. The lowest BCUT2D eigenvalue weighted by atomic mass is 9.82. The predicted molar refractivity (Wildman–Crippen MR) is 133 cm³/mol. The predicted octanol–water partition coefficient (Wildman–Crippen LogP) is 3.99. The first kappa shape index (κ1) is 25.7. The first-order valence-electron chi connectivity index (χ1n) is 12.5. The van der Waals surface area contributed by atoms with Crippen LogP contribution in [0.5, 0.6) is 5.75 Å². The van der Waals surface area contributed by atoms with Crippen LogP contribution in [0.15, 0.2) is 54.6 Å². The summed E-state index contributed by atoms with van der Waals surface area (Å²) in [6.45, 7) is 7.71. The van der Waals surface area contributed by atoms with E-state index in [4.69, 9.17) is 9.47 Å². The number of phenols is 1. The van der Waals surface area contributed by atoms with Crippen molar-refractivity contribution in [3.63, 3.8) is 0 Å². The van der Waals surface area contributed by atoms with Gasteiger partial charge in [0.05, 0.1) is 18.7 Å². The van der Waals surface area contributed by atoms with Crippen LogP contribution in [0.4, 0.5) is 4.79 Å². The van der Waals surface area contributed by atoms with Gasteiger partial charge in [0, 0.05) is 18.8 Å². The molecule has 2 bridgehead atoms. The number of ether oxygens (including phenoxy) is 2. The summed E-state index contributed by atoms with van der Waals surface area (Å²) in [7, 11) is 0. The molecule has 5 rings (SSSR count). The van der Waals surface area contributed by atoms with Crippen molar-refractivity contribution in [1.82, 2.24) is 5.32 Å². The highest BCUT2D eigenvalue weighted by atomic mass is 16.6. The number of amides is 1. The van der Waals surface area contributed by atoms with Crippen LogP contribution < -0.4 is 5.32 Å². The number of piperidine rings is 3. The van der Waals surface area contributed by atoms with Gasteiger partial charge in [0.25, 0.3) is 0 Å². The zero-order chi connectivity index (χ0) is 25.9. The minimum atomic E-state index is -1.01. The molecule has 3 heterocycles. The summed E-state index contributed by atoms with van der Waals surface area (Å²) in [4.78, 5) is 38.9. The molecule has 3 aliphatic heterocycles. The van der Waals surface area contributed by atoms with Gasteiger partial charge in [-0.3, -0.25) is 4.79 Å². The number of benzene rings is 2. The maximum Gasteiger partial charge on any atom is 0.408 e. The minimum Gasteiger partial charge on any atom is -0.507 e. The number of esters is 1. The first-order chi connectivity index (χ1) is 17.1. The topological polar surface area (TPSA) is 102 Å². The third kappa shape index (κ3) is 6.05. The van der Waals surface area contributed by atoms with Crippen molar-refractivity contribution in [1.29, 1.82) is 0 Å².